The van der Waals surface area contributed by atoms with E-state index in [4.69, 9.17) is 0 Å². The number of carbonyl (C=O) groups excluding carboxylic acids is 1. The molecule has 0 aliphatic rings. The summed E-state index contributed by atoms with van der Waals surface area (Å²) in [6.45, 7) is 3.86. The molecule has 2 heterocycles. The molecule has 0 unspecified atom stereocenters. The van der Waals surface area contributed by atoms with Crippen molar-refractivity contribution < 1.29 is 4.79 Å². The van der Waals surface area contributed by atoms with Gasteiger partial charge in [0.15, 0.2) is 5.69 Å². The van der Waals surface area contributed by atoms with Crippen LogP contribution in [-0.4, -0.2) is 27.3 Å². The summed E-state index contributed by atoms with van der Waals surface area (Å²) < 4.78 is 0. The Kier molecular flexibility index (Phi) is 4.02. The second-order valence-corrected chi connectivity index (χ2v) is 3.98. The molecule has 0 atom stereocenters. The average molecular weight is 257 g/mol. The minimum absolute atomic E-state index is 0.333. The van der Waals surface area contributed by atoms with Gasteiger partial charge in [-0.25, -0.2) is 5.43 Å². The summed E-state index contributed by atoms with van der Waals surface area (Å²) in [6.07, 6.45) is 3.96. The van der Waals surface area contributed by atoms with Crippen molar-refractivity contribution in [2.75, 3.05) is 0 Å². The maximum Gasteiger partial charge on any atom is 0.292 e. The molecular formula is C13H15N5O. The van der Waals surface area contributed by atoms with E-state index in [-0.39, 0.29) is 5.91 Å². The number of rotatable bonds is 4. The number of aryl methyl sites for hydroxylation is 1. The molecule has 0 aliphatic heterocycles. The highest BCUT2D eigenvalue weighted by Gasteiger charge is 2.14. The first-order valence-corrected chi connectivity index (χ1v) is 6.00. The van der Waals surface area contributed by atoms with Gasteiger partial charge in [0.25, 0.3) is 5.91 Å². The Balaban J connectivity index is 2.02. The quantitative estimate of drug-likeness (QED) is 0.642. The lowest BCUT2D eigenvalue weighted by atomic mass is 10.1. The molecule has 6 heteroatoms. The smallest absolute Gasteiger partial charge is 0.282 e. The van der Waals surface area contributed by atoms with Crippen molar-refractivity contribution in [3.63, 3.8) is 0 Å². The normalized spacial score (nSPS) is 10.8. The second kappa shape index (κ2) is 5.90. The number of H-pyrrole nitrogens is 1. The van der Waals surface area contributed by atoms with Gasteiger partial charge in [-0.2, -0.15) is 10.2 Å². The molecule has 0 fully saturated rings. The van der Waals surface area contributed by atoms with Crippen molar-refractivity contribution in [2.45, 2.75) is 20.3 Å². The largest absolute Gasteiger partial charge is 0.292 e. The fourth-order valence-corrected chi connectivity index (χ4v) is 1.66. The van der Waals surface area contributed by atoms with Gasteiger partial charge in [0.2, 0.25) is 0 Å². The first kappa shape index (κ1) is 12.9. The van der Waals surface area contributed by atoms with Crippen LogP contribution in [0.15, 0.2) is 29.5 Å². The molecule has 0 bridgehead atoms. The van der Waals surface area contributed by atoms with Crippen molar-refractivity contribution >= 4 is 12.1 Å². The third-order valence-corrected chi connectivity index (χ3v) is 2.73. The third kappa shape index (κ3) is 3.04. The van der Waals surface area contributed by atoms with Gasteiger partial charge in [0.05, 0.1) is 11.9 Å². The summed E-state index contributed by atoms with van der Waals surface area (Å²) in [4.78, 5) is 15.9. The Labute approximate surface area is 111 Å². The van der Waals surface area contributed by atoms with Gasteiger partial charge in [-0.15, -0.1) is 0 Å². The molecule has 0 aliphatic carbocycles. The zero-order valence-electron chi connectivity index (χ0n) is 10.8. The number of hydrazone groups is 1. The lowest BCUT2D eigenvalue weighted by Gasteiger charge is -1.97. The van der Waals surface area contributed by atoms with Gasteiger partial charge in [-0.3, -0.25) is 14.9 Å². The van der Waals surface area contributed by atoms with Crippen LogP contribution in [0, 0.1) is 6.92 Å². The van der Waals surface area contributed by atoms with Gasteiger partial charge in [0, 0.05) is 17.5 Å². The number of aromatic nitrogens is 3. The second-order valence-electron chi connectivity index (χ2n) is 3.98. The van der Waals surface area contributed by atoms with Crippen LogP contribution in [0.25, 0.3) is 0 Å². The number of nitrogens with zero attached hydrogens (tertiary/aromatic N) is 3. The Morgan fingerprint density at radius 2 is 2.37 bits per heavy atom. The summed E-state index contributed by atoms with van der Waals surface area (Å²) in [5.74, 6) is -0.333. The number of nitrogens with one attached hydrogen (secondary N) is 2. The topological polar surface area (TPSA) is 83.0 Å². The van der Waals surface area contributed by atoms with Crippen molar-refractivity contribution in [2.24, 2.45) is 5.10 Å². The number of aromatic amines is 1. The van der Waals surface area contributed by atoms with Crippen LogP contribution in [0.5, 0.6) is 0 Å². The standard InChI is InChI=1S/C13H15N5O/c1-3-11-9(2)12(17-16-11)13(19)18-15-8-10-6-4-5-7-14-10/h4-8H,3H2,1-2H3,(H,16,17)(H,18,19)/b15-8+. The summed E-state index contributed by atoms with van der Waals surface area (Å²) in [5, 5.41) is 10.7. The van der Waals surface area contributed by atoms with Crippen molar-refractivity contribution in [1.82, 2.24) is 20.6 Å². The molecule has 2 rings (SSSR count). The molecule has 1 amide bonds. The summed E-state index contributed by atoms with van der Waals surface area (Å²) in [7, 11) is 0. The number of amides is 1. The molecule has 0 saturated heterocycles. The van der Waals surface area contributed by atoms with Crippen molar-refractivity contribution in [3.05, 3.63) is 47.0 Å². The summed E-state index contributed by atoms with van der Waals surface area (Å²) in [5.41, 5.74) is 5.29. The lowest BCUT2D eigenvalue weighted by molar-refractivity contribution is 0.0949. The maximum atomic E-state index is 11.9. The maximum absolute atomic E-state index is 11.9. The molecule has 2 aromatic heterocycles. The number of carbonyl (C=O) groups is 1. The van der Waals surface area contributed by atoms with Crippen LogP contribution in [0.4, 0.5) is 0 Å². The number of hydrogen-bond acceptors (Lipinski definition) is 4. The molecule has 0 aromatic carbocycles. The van der Waals surface area contributed by atoms with Crippen LogP contribution in [0.3, 0.4) is 0 Å². The van der Waals surface area contributed by atoms with Gasteiger partial charge >= 0.3 is 0 Å². The Hall–Kier alpha value is -2.50. The Morgan fingerprint density at radius 1 is 1.53 bits per heavy atom. The van der Waals surface area contributed by atoms with E-state index in [2.05, 4.69) is 25.7 Å². The predicted molar refractivity (Wildman–Crippen MR) is 72.0 cm³/mol. The summed E-state index contributed by atoms with van der Waals surface area (Å²) in [6, 6.07) is 5.46. The average Bonchev–Trinajstić information content (AvgIpc) is 2.81. The zero-order chi connectivity index (χ0) is 13.7. The highest BCUT2D eigenvalue weighted by Crippen LogP contribution is 2.09. The Bertz CT molecular complexity index is 588. The number of pyridine rings is 1. The zero-order valence-corrected chi connectivity index (χ0v) is 10.8. The first-order valence-electron chi connectivity index (χ1n) is 6.00. The predicted octanol–water partition coefficient (Wildman–Crippen LogP) is 1.44. The molecule has 98 valence electrons. The lowest BCUT2D eigenvalue weighted by Crippen LogP contribution is -2.19. The molecule has 2 aromatic rings. The van der Waals surface area contributed by atoms with Gasteiger partial charge in [0.1, 0.15) is 0 Å². The molecule has 6 nitrogen and oxygen atoms in total. The van der Waals surface area contributed by atoms with E-state index in [1.807, 2.05) is 26.0 Å². The van der Waals surface area contributed by atoms with Crippen molar-refractivity contribution in [1.29, 1.82) is 0 Å². The molecule has 19 heavy (non-hydrogen) atoms. The van der Waals surface area contributed by atoms with Crippen molar-refractivity contribution in [3.8, 4) is 0 Å². The van der Waals surface area contributed by atoms with E-state index in [0.717, 1.165) is 17.7 Å². The van der Waals surface area contributed by atoms with E-state index in [9.17, 15) is 4.79 Å². The van der Waals surface area contributed by atoms with E-state index >= 15 is 0 Å². The van der Waals surface area contributed by atoms with E-state index in [1.165, 1.54) is 6.21 Å². The fraction of sp³-hybridized carbons (Fsp3) is 0.231. The highest BCUT2D eigenvalue weighted by atomic mass is 16.2. The number of hydrogen-bond donors (Lipinski definition) is 2. The molecule has 0 spiro atoms. The van der Waals surface area contributed by atoms with E-state index < -0.39 is 0 Å². The first-order chi connectivity index (χ1) is 9.22. The van der Waals surface area contributed by atoms with Crippen LogP contribution in [0.2, 0.25) is 0 Å². The summed E-state index contributed by atoms with van der Waals surface area (Å²) >= 11 is 0. The van der Waals surface area contributed by atoms with Crippen LogP contribution >= 0.6 is 0 Å². The third-order valence-electron chi connectivity index (χ3n) is 2.73. The fourth-order valence-electron chi connectivity index (χ4n) is 1.66. The Morgan fingerprint density at radius 3 is 3.00 bits per heavy atom. The van der Waals surface area contributed by atoms with Gasteiger partial charge in [-0.05, 0) is 25.5 Å². The molecule has 0 saturated carbocycles. The van der Waals surface area contributed by atoms with E-state index in [1.54, 1.807) is 12.3 Å². The molecular weight excluding hydrogens is 242 g/mol. The van der Waals surface area contributed by atoms with Gasteiger partial charge in [-0.1, -0.05) is 13.0 Å². The SMILES string of the molecule is CCc1[nH]nc(C(=O)N/N=C/c2ccccn2)c1C. The van der Waals surface area contributed by atoms with Crippen LogP contribution in [-0.2, 0) is 6.42 Å². The van der Waals surface area contributed by atoms with Gasteiger partial charge < -0.3 is 0 Å². The monoisotopic (exact) mass is 257 g/mol. The minimum Gasteiger partial charge on any atom is -0.282 e. The highest BCUT2D eigenvalue weighted by molar-refractivity contribution is 5.94. The molecule has 2 N–H and O–H groups in total. The molecule has 0 radical (unpaired) electrons. The van der Waals surface area contributed by atoms with Crippen LogP contribution < -0.4 is 5.43 Å². The minimum atomic E-state index is -0.333. The van der Waals surface area contributed by atoms with E-state index in [0.29, 0.717) is 11.4 Å². The van der Waals surface area contributed by atoms with Crippen LogP contribution in [0.1, 0.15) is 34.4 Å².